The van der Waals surface area contributed by atoms with Gasteiger partial charge in [0, 0.05) is 0 Å². The maximum absolute atomic E-state index is 11.1. The maximum atomic E-state index is 11.1. The van der Waals surface area contributed by atoms with Gasteiger partial charge in [0.1, 0.15) is 0 Å². The zero-order valence-corrected chi connectivity index (χ0v) is 21.3. The molecule has 4 aliphatic rings. The Labute approximate surface area is 196 Å². The molecule has 4 heteroatoms. The van der Waals surface area contributed by atoms with E-state index in [-0.39, 0.29) is 0 Å². The molecule has 0 aromatic carbocycles. The number of rotatable bonds is 6. The molecular weight excluding hydrogens is 394 g/mol. The van der Waals surface area contributed by atoms with E-state index in [2.05, 4.69) is 51.2 Å². The maximum Gasteiger partial charge on any atom is 0.332 e. The topological polar surface area (TPSA) is 67.5 Å². The molecule has 7 atom stereocenters. The minimum atomic E-state index is -0.575. The summed E-state index contributed by atoms with van der Waals surface area (Å²) in [4.78, 5) is 11.1. The van der Waals surface area contributed by atoms with E-state index in [1.54, 1.807) is 5.57 Å². The monoisotopic (exact) mass is 441 g/mol. The lowest BCUT2D eigenvalue weighted by Gasteiger charge is -2.58. The molecule has 0 aromatic heterocycles. The van der Waals surface area contributed by atoms with E-state index in [1.807, 2.05) is 0 Å². The van der Waals surface area contributed by atoms with Crippen molar-refractivity contribution in [2.24, 2.45) is 57.2 Å². The number of hydrogen-bond donors (Lipinski definition) is 2. The molecule has 32 heavy (non-hydrogen) atoms. The van der Waals surface area contributed by atoms with Gasteiger partial charge in [0.05, 0.1) is 5.71 Å². The van der Waals surface area contributed by atoms with Crippen LogP contribution in [0.3, 0.4) is 0 Å². The molecule has 3 saturated carbocycles. The highest BCUT2D eigenvalue weighted by molar-refractivity contribution is 5.97. The average molecular weight is 442 g/mol. The van der Waals surface area contributed by atoms with Crippen LogP contribution in [0.4, 0.5) is 4.79 Å². The third-order valence-electron chi connectivity index (χ3n) is 10.5. The second-order valence-electron chi connectivity index (χ2n) is 12.6. The first-order valence-electron chi connectivity index (χ1n) is 13.5. The Morgan fingerprint density at radius 2 is 1.88 bits per heavy atom. The van der Waals surface area contributed by atoms with E-state index in [0.29, 0.717) is 10.8 Å². The predicted molar refractivity (Wildman–Crippen MR) is 133 cm³/mol. The number of carbonyl (C=O) groups excluding carboxylic acids is 1. The van der Waals surface area contributed by atoms with Gasteiger partial charge in [-0.2, -0.15) is 5.10 Å². The van der Waals surface area contributed by atoms with Crippen molar-refractivity contribution in [2.75, 3.05) is 0 Å². The quantitative estimate of drug-likeness (QED) is 0.426. The largest absolute Gasteiger partial charge is 0.350 e. The smallest absolute Gasteiger partial charge is 0.332 e. The first kappa shape index (κ1) is 23.8. The lowest BCUT2D eigenvalue weighted by Crippen LogP contribution is -2.51. The summed E-state index contributed by atoms with van der Waals surface area (Å²) < 4.78 is 0. The molecule has 0 unspecified atom stereocenters. The van der Waals surface area contributed by atoms with Crippen LogP contribution in [0.1, 0.15) is 105 Å². The second-order valence-corrected chi connectivity index (χ2v) is 12.6. The first-order chi connectivity index (χ1) is 15.1. The molecule has 180 valence electrons. The zero-order chi connectivity index (χ0) is 23.1. The molecule has 0 aliphatic heterocycles. The van der Waals surface area contributed by atoms with Crippen LogP contribution in [0.5, 0.6) is 0 Å². The second kappa shape index (κ2) is 9.14. The summed E-state index contributed by atoms with van der Waals surface area (Å²) in [6, 6.07) is -0.575. The van der Waals surface area contributed by atoms with Crippen molar-refractivity contribution in [3.05, 3.63) is 11.6 Å². The molecule has 2 amide bonds. The third kappa shape index (κ3) is 4.28. The highest BCUT2D eigenvalue weighted by Gasteiger charge is 2.59. The summed E-state index contributed by atoms with van der Waals surface area (Å²) in [5.74, 6) is 5.27. The van der Waals surface area contributed by atoms with Crippen LogP contribution >= 0.6 is 0 Å². The first-order valence-corrected chi connectivity index (χ1v) is 13.5. The van der Waals surface area contributed by atoms with Crippen molar-refractivity contribution in [2.45, 2.75) is 105 Å². The van der Waals surface area contributed by atoms with Crippen molar-refractivity contribution < 1.29 is 4.79 Å². The van der Waals surface area contributed by atoms with Gasteiger partial charge in [0.25, 0.3) is 0 Å². The van der Waals surface area contributed by atoms with E-state index >= 15 is 0 Å². The SMILES string of the molecule is CC(C)CCC[C@H](C)[C@H]1CC[C@H]2[C@@H]3CCC4=C/C(=N/NC(N)=O)CC[C@]4(C)[C@H]3CC[C@]12C. The van der Waals surface area contributed by atoms with Gasteiger partial charge in [-0.15, -0.1) is 0 Å². The fourth-order valence-electron chi connectivity index (χ4n) is 8.81. The van der Waals surface area contributed by atoms with Crippen molar-refractivity contribution in [3.8, 4) is 0 Å². The van der Waals surface area contributed by atoms with Gasteiger partial charge >= 0.3 is 6.03 Å². The van der Waals surface area contributed by atoms with Crippen LogP contribution in [-0.2, 0) is 0 Å². The lowest BCUT2D eigenvalue weighted by molar-refractivity contribution is -0.0573. The summed E-state index contributed by atoms with van der Waals surface area (Å²) in [6.45, 7) is 12.5. The normalized spacial score (nSPS) is 40.9. The Kier molecular flexibility index (Phi) is 6.81. The van der Waals surface area contributed by atoms with Crippen LogP contribution in [0.25, 0.3) is 0 Å². The highest BCUT2D eigenvalue weighted by atomic mass is 16.2. The van der Waals surface area contributed by atoms with Gasteiger partial charge in [0.15, 0.2) is 0 Å². The fraction of sp³-hybridized carbons (Fsp3) is 0.857. The van der Waals surface area contributed by atoms with Crippen LogP contribution < -0.4 is 11.2 Å². The number of carbonyl (C=O) groups is 1. The number of allylic oxidation sites excluding steroid dienone is 2. The summed E-state index contributed by atoms with van der Waals surface area (Å²) >= 11 is 0. The Hall–Kier alpha value is -1.32. The van der Waals surface area contributed by atoms with Crippen molar-refractivity contribution in [3.63, 3.8) is 0 Å². The minimum absolute atomic E-state index is 0.316. The van der Waals surface area contributed by atoms with Crippen LogP contribution in [-0.4, -0.2) is 11.7 Å². The molecule has 3 N–H and O–H groups in total. The lowest BCUT2D eigenvalue weighted by atomic mass is 9.46. The third-order valence-corrected chi connectivity index (χ3v) is 10.5. The molecule has 0 heterocycles. The van der Waals surface area contributed by atoms with Crippen molar-refractivity contribution >= 4 is 11.7 Å². The van der Waals surface area contributed by atoms with E-state index in [1.165, 1.54) is 57.8 Å². The number of nitrogens with one attached hydrogen (secondary N) is 1. The van der Waals surface area contributed by atoms with E-state index in [0.717, 1.165) is 54.1 Å². The van der Waals surface area contributed by atoms with Gasteiger partial charge in [-0.05, 0) is 104 Å². The minimum Gasteiger partial charge on any atom is -0.350 e. The molecule has 0 aromatic rings. The Morgan fingerprint density at radius 3 is 2.59 bits per heavy atom. The summed E-state index contributed by atoms with van der Waals surface area (Å²) in [7, 11) is 0. The molecule has 4 nitrogen and oxygen atoms in total. The molecule has 4 rings (SSSR count). The number of amides is 2. The number of primary amides is 1. The zero-order valence-electron chi connectivity index (χ0n) is 21.3. The van der Waals surface area contributed by atoms with Gasteiger partial charge in [-0.3, -0.25) is 0 Å². The number of hydrazone groups is 1. The Bertz CT molecular complexity index is 771. The van der Waals surface area contributed by atoms with Gasteiger partial charge < -0.3 is 5.73 Å². The number of fused-ring (bicyclic) bond motifs is 5. The molecule has 0 radical (unpaired) electrons. The van der Waals surface area contributed by atoms with Crippen LogP contribution in [0.2, 0.25) is 0 Å². The summed E-state index contributed by atoms with van der Waals surface area (Å²) in [5, 5.41) is 4.25. The summed E-state index contributed by atoms with van der Waals surface area (Å²) in [5.41, 5.74) is 11.1. The van der Waals surface area contributed by atoms with Gasteiger partial charge in [0.2, 0.25) is 0 Å². The van der Waals surface area contributed by atoms with E-state index in [9.17, 15) is 4.79 Å². The Balaban J connectivity index is 1.47. The molecule has 3 fully saturated rings. The predicted octanol–water partition coefficient (Wildman–Crippen LogP) is 7.05. The standard InChI is InChI=1S/C28H47N3O/c1-18(2)7-6-8-19(3)23-11-12-24-22-10-9-20-17-21(30-31-26(29)32)13-15-27(20,4)25(22)14-16-28(23,24)5/h17-19,22-25H,6-16H2,1-5H3,(H3,29,31,32)/b30-21+/t19-,22-,23+,24-,25-,27-,28+/m0/s1. The number of nitrogens with zero attached hydrogens (tertiary/aromatic N) is 1. The van der Waals surface area contributed by atoms with Gasteiger partial charge in [-0.25, -0.2) is 10.2 Å². The molecule has 4 aliphatic carbocycles. The van der Waals surface area contributed by atoms with Crippen molar-refractivity contribution in [1.82, 2.24) is 5.43 Å². The number of hydrogen-bond acceptors (Lipinski definition) is 2. The number of nitrogens with two attached hydrogens (primary N) is 1. The van der Waals surface area contributed by atoms with Crippen LogP contribution in [0, 0.1) is 46.3 Å². The highest BCUT2D eigenvalue weighted by Crippen LogP contribution is 2.67. The Morgan fingerprint density at radius 1 is 1.09 bits per heavy atom. The molecular formula is C28H47N3O. The van der Waals surface area contributed by atoms with Crippen molar-refractivity contribution in [1.29, 1.82) is 0 Å². The van der Waals surface area contributed by atoms with Crippen LogP contribution in [0.15, 0.2) is 16.8 Å². The van der Waals surface area contributed by atoms with E-state index in [4.69, 9.17) is 5.73 Å². The van der Waals surface area contributed by atoms with Gasteiger partial charge in [-0.1, -0.05) is 59.5 Å². The molecule has 0 bridgehead atoms. The summed E-state index contributed by atoms with van der Waals surface area (Å²) in [6.07, 6.45) is 16.9. The van der Waals surface area contributed by atoms with E-state index < -0.39 is 6.03 Å². The molecule has 0 saturated heterocycles. The fourth-order valence-corrected chi connectivity index (χ4v) is 8.81. The number of urea groups is 1. The molecule has 0 spiro atoms. The average Bonchev–Trinajstić information content (AvgIpc) is 3.09.